The normalized spacial score (nSPS) is 28.6. The number of amides is 1. The maximum Gasteiger partial charge on any atom is 0.228 e. The van der Waals surface area contributed by atoms with Gasteiger partial charge in [-0.05, 0) is 0 Å². The Bertz CT molecular complexity index is 218. The number of rotatable bonds is 2. The van der Waals surface area contributed by atoms with Gasteiger partial charge in [0.15, 0.2) is 0 Å². The summed E-state index contributed by atoms with van der Waals surface area (Å²) < 4.78 is 5.22. The van der Waals surface area contributed by atoms with Crippen LogP contribution in [0.3, 0.4) is 0 Å². The smallest absolute Gasteiger partial charge is 0.228 e. The minimum absolute atomic E-state index is 0.00805. The van der Waals surface area contributed by atoms with Crippen LogP contribution >= 0.6 is 0 Å². The third-order valence-corrected chi connectivity index (χ3v) is 2.85. The Labute approximate surface area is 83.0 Å². The van der Waals surface area contributed by atoms with Crippen molar-refractivity contribution >= 4 is 5.91 Å². The number of carbonyl (C=O) groups excluding carboxylic acids is 1. The van der Waals surface area contributed by atoms with Gasteiger partial charge in [-0.15, -0.1) is 0 Å². The molecule has 0 spiro atoms. The average molecular weight is 200 g/mol. The molecule has 0 radical (unpaired) electrons. The van der Waals surface area contributed by atoms with Gasteiger partial charge < -0.3 is 20.1 Å². The second-order valence-corrected chi connectivity index (χ2v) is 3.80. The van der Waals surface area contributed by atoms with E-state index >= 15 is 0 Å². The Balaban J connectivity index is 1.95. The SMILES string of the molecule is O=C(C1CNC1)N1CCOCC1CO. The first-order valence-electron chi connectivity index (χ1n) is 5.02. The summed E-state index contributed by atoms with van der Waals surface area (Å²) in [5.74, 6) is 0.272. The highest BCUT2D eigenvalue weighted by molar-refractivity contribution is 5.80. The van der Waals surface area contributed by atoms with Gasteiger partial charge >= 0.3 is 0 Å². The molecule has 2 rings (SSSR count). The fourth-order valence-electron chi connectivity index (χ4n) is 1.79. The lowest BCUT2D eigenvalue weighted by molar-refractivity contribution is -0.147. The van der Waals surface area contributed by atoms with Crippen LogP contribution < -0.4 is 5.32 Å². The van der Waals surface area contributed by atoms with Gasteiger partial charge in [0, 0.05) is 19.6 Å². The van der Waals surface area contributed by atoms with E-state index in [1.165, 1.54) is 0 Å². The number of morpholine rings is 1. The zero-order chi connectivity index (χ0) is 9.97. The van der Waals surface area contributed by atoms with Gasteiger partial charge in [0.2, 0.25) is 5.91 Å². The molecule has 2 heterocycles. The molecule has 2 N–H and O–H groups in total. The van der Waals surface area contributed by atoms with Crippen LogP contribution in [-0.4, -0.2) is 61.4 Å². The minimum Gasteiger partial charge on any atom is -0.394 e. The van der Waals surface area contributed by atoms with Crippen molar-refractivity contribution in [3.05, 3.63) is 0 Å². The standard InChI is InChI=1S/C9H16N2O3/c12-5-8-6-14-2-1-11(8)9(13)7-3-10-4-7/h7-8,10,12H,1-6H2. The molecule has 2 aliphatic heterocycles. The van der Waals surface area contributed by atoms with Gasteiger partial charge in [-0.2, -0.15) is 0 Å². The summed E-state index contributed by atoms with van der Waals surface area (Å²) in [6, 6.07) is -0.142. The highest BCUT2D eigenvalue weighted by atomic mass is 16.5. The van der Waals surface area contributed by atoms with Crippen LogP contribution in [0.2, 0.25) is 0 Å². The molecule has 2 aliphatic rings. The first kappa shape index (κ1) is 9.89. The Morgan fingerprint density at radius 3 is 2.93 bits per heavy atom. The number of aliphatic hydroxyl groups excluding tert-OH is 1. The molecule has 2 saturated heterocycles. The molecule has 2 fully saturated rings. The summed E-state index contributed by atoms with van der Waals surface area (Å²) in [4.78, 5) is 13.6. The number of nitrogens with one attached hydrogen (secondary N) is 1. The van der Waals surface area contributed by atoms with Crippen LogP contribution in [0.4, 0.5) is 0 Å². The summed E-state index contributed by atoms with van der Waals surface area (Å²) >= 11 is 0. The lowest BCUT2D eigenvalue weighted by Crippen LogP contribution is -2.58. The number of aliphatic hydroxyl groups is 1. The molecule has 0 bridgehead atoms. The van der Waals surface area contributed by atoms with Gasteiger partial charge in [-0.3, -0.25) is 4.79 Å². The van der Waals surface area contributed by atoms with E-state index in [0.29, 0.717) is 19.8 Å². The average Bonchev–Trinajstić information content (AvgIpc) is 2.15. The molecule has 0 aromatic carbocycles. The molecule has 5 heteroatoms. The Hall–Kier alpha value is -0.650. The van der Waals surface area contributed by atoms with Crippen LogP contribution in [0.1, 0.15) is 0 Å². The quantitative estimate of drug-likeness (QED) is 0.565. The zero-order valence-corrected chi connectivity index (χ0v) is 8.11. The summed E-state index contributed by atoms with van der Waals surface area (Å²) in [6.45, 7) is 3.19. The van der Waals surface area contributed by atoms with E-state index in [1.807, 2.05) is 0 Å². The monoisotopic (exact) mass is 200 g/mol. The number of nitrogens with zero attached hydrogens (tertiary/aromatic N) is 1. The topological polar surface area (TPSA) is 61.8 Å². The van der Waals surface area contributed by atoms with Crippen molar-refractivity contribution in [1.82, 2.24) is 10.2 Å². The Kier molecular flexibility index (Phi) is 3.00. The maximum atomic E-state index is 11.9. The zero-order valence-electron chi connectivity index (χ0n) is 8.11. The Morgan fingerprint density at radius 2 is 2.36 bits per heavy atom. The van der Waals surface area contributed by atoms with Gasteiger partial charge in [-0.25, -0.2) is 0 Å². The van der Waals surface area contributed by atoms with Gasteiger partial charge in [0.25, 0.3) is 0 Å². The second-order valence-electron chi connectivity index (χ2n) is 3.80. The lowest BCUT2D eigenvalue weighted by atomic mass is 10.0. The predicted octanol–water partition coefficient (Wildman–Crippen LogP) is -1.57. The third-order valence-electron chi connectivity index (χ3n) is 2.85. The van der Waals surface area contributed by atoms with Crippen LogP contribution in [-0.2, 0) is 9.53 Å². The summed E-state index contributed by atoms with van der Waals surface area (Å²) in [6.07, 6.45) is 0. The molecular formula is C9H16N2O3. The minimum atomic E-state index is -0.142. The van der Waals surface area contributed by atoms with Crippen LogP contribution in [0.5, 0.6) is 0 Å². The molecule has 1 amide bonds. The summed E-state index contributed by atoms with van der Waals surface area (Å²) in [5, 5.41) is 12.2. The van der Waals surface area contributed by atoms with Gasteiger partial charge in [-0.1, -0.05) is 0 Å². The van der Waals surface area contributed by atoms with E-state index in [4.69, 9.17) is 9.84 Å². The molecule has 1 unspecified atom stereocenters. The summed E-state index contributed by atoms with van der Waals surface area (Å²) in [5.41, 5.74) is 0. The molecule has 1 atom stereocenters. The van der Waals surface area contributed by atoms with Crippen molar-refractivity contribution in [1.29, 1.82) is 0 Å². The summed E-state index contributed by atoms with van der Waals surface area (Å²) in [7, 11) is 0. The largest absolute Gasteiger partial charge is 0.394 e. The van der Waals surface area contributed by atoms with Crippen molar-refractivity contribution in [2.45, 2.75) is 6.04 Å². The van der Waals surface area contributed by atoms with E-state index in [2.05, 4.69) is 5.32 Å². The van der Waals surface area contributed by atoms with Crippen LogP contribution in [0.15, 0.2) is 0 Å². The second kappa shape index (κ2) is 4.25. The van der Waals surface area contributed by atoms with Crippen molar-refractivity contribution in [2.24, 2.45) is 5.92 Å². The molecule has 80 valence electrons. The predicted molar refractivity (Wildman–Crippen MR) is 49.8 cm³/mol. The lowest BCUT2D eigenvalue weighted by Gasteiger charge is -2.39. The molecule has 0 aliphatic carbocycles. The van der Waals surface area contributed by atoms with E-state index in [1.54, 1.807) is 4.90 Å². The fourth-order valence-corrected chi connectivity index (χ4v) is 1.79. The van der Waals surface area contributed by atoms with E-state index < -0.39 is 0 Å². The van der Waals surface area contributed by atoms with Gasteiger partial charge in [0.1, 0.15) is 0 Å². The number of hydrogen-bond donors (Lipinski definition) is 2. The molecular weight excluding hydrogens is 184 g/mol. The van der Waals surface area contributed by atoms with E-state index in [9.17, 15) is 4.79 Å². The van der Waals surface area contributed by atoms with Gasteiger partial charge in [0.05, 0.1) is 31.8 Å². The molecule has 14 heavy (non-hydrogen) atoms. The fraction of sp³-hybridized carbons (Fsp3) is 0.889. The van der Waals surface area contributed by atoms with Crippen LogP contribution in [0.25, 0.3) is 0 Å². The first-order chi connectivity index (χ1) is 6.83. The van der Waals surface area contributed by atoms with Crippen molar-refractivity contribution in [3.63, 3.8) is 0 Å². The number of carbonyl (C=O) groups is 1. The molecule has 0 aromatic rings. The molecule has 0 saturated carbocycles. The van der Waals surface area contributed by atoms with Crippen molar-refractivity contribution in [3.8, 4) is 0 Å². The van der Waals surface area contributed by atoms with Crippen LogP contribution in [0, 0.1) is 5.92 Å². The van der Waals surface area contributed by atoms with Crippen molar-refractivity contribution < 1.29 is 14.6 Å². The highest BCUT2D eigenvalue weighted by Gasteiger charge is 2.34. The van der Waals surface area contributed by atoms with E-state index in [-0.39, 0.29) is 24.5 Å². The molecule has 5 nitrogen and oxygen atoms in total. The number of hydrogen-bond acceptors (Lipinski definition) is 4. The highest BCUT2D eigenvalue weighted by Crippen LogP contribution is 2.14. The van der Waals surface area contributed by atoms with Crippen molar-refractivity contribution in [2.75, 3.05) is 39.5 Å². The third kappa shape index (κ3) is 1.75. The Morgan fingerprint density at radius 1 is 1.57 bits per heavy atom. The van der Waals surface area contributed by atoms with E-state index in [0.717, 1.165) is 13.1 Å². The first-order valence-corrected chi connectivity index (χ1v) is 5.02. The maximum absolute atomic E-state index is 11.9. The molecule has 0 aromatic heterocycles. The number of ether oxygens (including phenoxy) is 1.